The van der Waals surface area contributed by atoms with Crippen LogP contribution in [0.3, 0.4) is 0 Å². The van der Waals surface area contributed by atoms with Gasteiger partial charge in [-0.1, -0.05) is 25.3 Å². The lowest BCUT2D eigenvalue weighted by Gasteiger charge is -2.01. The molecule has 0 bridgehead atoms. The predicted octanol–water partition coefficient (Wildman–Crippen LogP) is 2.55. The van der Waals surface area contributed by atoms with E-state index in [1.165, 1.54) is 16.8 Å². The van der Waals surface area contributed by atoms with Crippen LogP contribution >= 0.6 is 0 Å². The number of nitrogens with one attached hydrogen (secondary N) is 1. The molecule has 12 heavy (non-hydrogen) atoms. The van der Waals surface area contributed by atoms with Gasteiger partial charge in [0.25, 0.3) is 0 Å². The second-order valence-electron chi connectivity index (χ2n) is 2.86. The maximum absolute atomic E-state index is 3.76. The minimum atomic E-state index is 1.03. The highest BCUT2D eigenvalue weighted by Gasteiger charge is 2.11. The van der Waals surface area contributed by atoms with Gasteiger partial charge in [0.1, 0.15) is 0 Å². The van der Waals surface area contributed by atoms with Crippen molar-refractivity contribution in [3.63, 3.8) is 0 Å². The lowest BCUT2D eigenvalue weighted by atomic mass is 10.0. The van der Waals surface area contributed by atoms with Gasteiger partial charge in [0.15, 0.2) is 0 Å². The van der Waals surface area contributed by atoms with E-state index in [1.807, 2.05) is 18.2 Å². The summed E-state index contributed by atoms with van der Waals surface area (Å²) in [6.07, 6.45) is 6.83. The Bertz CT molecular complexity index is 256. The summed E-state index contributed by atoms with van der Waals surface area (Å²) in [5, 5.41) is 3.28. The molecule has 1 nitrogen and oxygen atoms in total. The Morgan fingerprint density at radius 2 is 2.25 bits per heavy atom. The Hall–Kier alpha value is -1.24. The summed E-state index contributed by atoms with van der Waals surface area (Å²) in [4.78, 5) is 0. The molecule has 0 radical (unpaired) electrons. The minimum Gasteiger partial charge on any atom is -0.384 e. The van der Waals surface area contributed by atoms with Gasteiger partial charge in [-0.25, -0.2) is 0 Å². The second-order valence-corrected chi connectivity index (χ2v) is 2.86. The molecule has 0 aliphatic carbocycles. The molecular formula is C11H15N. The van der Waals surface area contributed by atoms with Crippen LogP contribution in [0.15, 0.2) is 48.2 Å². The van der Waals surface area contributed by atoms with Crippen LogP contribution < -0.4 is 5.32 Å². The van der Waals surface area contributed by atoms with Crippen LogP contribution in [0.2, 0.25) is 0 Å². The molecule has 1 N–H and O–H groups in total. The Labute approximate surface area is 74.2 Å². The number of rotatable bonds is 3. The van der Waals surface area contributed by atoms with Gasteiger partial charge in [0.2, 0.25) is 0 Å². The standard InChI is InChI=1S/C11H15N/c1-4-6-9(3)10-7-8-12-11(10)5-2/h4-6,12H,1-2,7-8H2,3H3/b9-6-. The molecule has 64 valence electrons. The van der Waals surface area contributed by atoms with Crippen molar-refractivity contribution in [3.05, 3.63) is 48.2 Å². The zero-order valence-corrected chi connectivity index (χ0v) is 7.56. The van der Waals surface area contributed by atoms with E-state index in [1.54, 1.807) is 0 Å². The zero-order chi connectivity index (χ0) is 8.97. The molecule has 1 aliphatic heterocycles. The van der Waals surface area contributed by atoms with Gasteiger partial charge in [-0.05, 0) is 30.6 Å². The summed E-state index contributed by atoms with van der Waals surface area (Å²) in [7, 11) is 0. The van der Waals surface area contributed by atoms with Crippen LogP contribution in [-0.4, -0.2) is 6.54 Å². The maximum Gasteiger partial charge on any atom is 0.0370 e. The maximum atomic E-state index is 3.76. The Balaban J connectivity index is 2.92. The van der Waals surface area contributed by atoms with Crippen LogP contribution in [0, 0.1) is 0 Å². The summed E-state index contributed by atoms with van der Waals surface area (Å²) < 4.78 is 0. The zero-order valence-electron chi connectivity index (χ0n) is 7.56. The van der Waals surface area contributed by atoms with E-state index in [2.05, 4.69) is 25.4 Å². The SMILES string of the molecule is C=C/C=C(/C)C1=C(C=C)NCC1. The lowest BCUT2D eigenvalue weighted by Crippen LogP contribution is -2.04. The monoisotopic (exact) mass is 161 g/mol. The molecule has 1 aliphatic rings. The van der Waals surface area contributed by atoms with E-state index in [9.17, 15) is 0 Å². The number of hydrogen-bond acceptors (Lipinski definition) is 1. The summed E-state index contributed by atoms with van der Waals surface area (Å²) >= 11 is 0. The van der Waals surface area contributed by atoms with Crippen molar-refractivity contribution in [1.29, 1.82) is 0 Å². The molecule has 0 saturated carbocycles. The van der Waals surface area contributed by atoms with Crippen molar-refractivity contribution in [2.75, 3.05) is 6.54 Å². The van der Waals surface area contributed by atoms with Crippen molar-refractivity contribution < 1.29 is 0 Å². The van der Waals surface area contributed by atoms with Gasteiger partial charge in [-0.2, -0.15) is 0 Å². The molecular weight excluding hydrogens is 146 g/mol. The highest BCUT2D eigenvalue weighted by atomic mass is 14.9. The topological polar surface area (TPSA) is 12.0 Å². The van der Waals surface area contributed by atoms with Gasteiger partial charge in [-0.15, -0.1) is 0 Å². The summed E-state index contributed by atoms with van der Waals surface area (Å²) in [6.45, 7) is 10.6. The largest absolute Gasteiger partial charge is 0.384 e. The van der Waals surface area contributed by atoms with Crippen molar-refractivity contribution in [2.45, 2.75) is 13.3 Å². The minimum absolute atomic E-state index is 1.03. The first kappa shape index (κ1) is 8.85. The second kappa shape index (κ2) is 3.96. The molecule has 0 fully saturated rings. The first-order valence-corrected chi connectivity index (χ1v) is 4.18. The van der Waals surface area contributed by atoms with E-state index in [0.717, 1.165) is 13.0 Å². The molecule has 0 spiro atoms. The Kier molecular flexibility index (Phi) is 2.92. The van der Waals surface area contributed by atoms with Crippen LogP contribution in [0.4, 0.5) is 0 Å². The smallest absolute Gasteiger partial charge is 0.0370 e. The molecule has 1 heterocycles. The van der Waals surface area contributed by atoms with Crippen molar-refractivity contribution in [1.82, 2.24) is 5.32 Å². The fraction of sp³-hybridized carbons (Fsp3) is 0.273. The molecule has 1 heteroatoms. The molecule has 0 aromatic carbocycles. The molecule has 0 saturated heterocycles. The average Bonchev–Trinajstić information content (AvgIpc) is 2.51. The molecule has 0 aromatic rings. The summed E-state index contributed by atoms with van der Waals surface area (Å²) in [5.74, 6) is 0. The van der Waals surface area contributed by atoms with Crippen molar-refractivity contribution in [3.8, 4) is 0 Å². The van der Waals surface area contributed by atoms with Crippen molar-refractivity contribution >= 4 is 0 Å². The van der Waals surface area contributed by atoms with Crippen LogP contribution in [0.5, 0.6) is 0 Å². The Morgan fingerprint density at radius 3 is 2.83 bits per heavy atom. The first-order valence-electron chi connectivity index (χ1n) is 4.18. The highest BCUT2D eigenvalue weighted by molar-refractivity contribution is 5.41. The summed E-state index contributed by atoms with van der Waals surface area (Å²) in [6, 6.07) is 0. The fourth-order valence-electron chi connectivity index (χ4n) is 1.45. The predicted molar refractivity (Wildman–Crippen MR) is 53.8 cm³/mol. The lowest BCUT2D eigenvalue weighted by molar-refractivity contribution is 0.887. The van der Waals surface area contributed by atoms with E-state index in [0.29, 0.717) is 0 Å². The molecule has 0 unspecified atom stereocenters. The van der Waals surface area contributed by atoms with Gasteiger partial charge in [0.05, 0.1) is 0 Å². The quantitative estimate of drug-likeness (QED) is 0.627. The van der Waals surface area contributed by atoms with Gasteiger partial charge in [-0.3, -0.25) is 0 Å². The third kappa shape index (κ3) is 1.67. The van der Waals surface area contributed by atoms with Gasteiger partial charge >= 0.3 is 0 Å². The molecule has 0 aromatic heterocycles. The fourth-order valence-corrected chi connectivity index (χ4v) is 1.45. The van der Waals surface area contributed by atoms with E-state index < -0.39 is 0 Å². The summed E-state index contributed by atoms with van der Waals surface area (Å²) in [5.41, 5.74) is 3.82. The van der Waals surface area contributed by atoms with E-state index in [4.69, 9.17) is 0 Å². The van der Waals surface area contributed by atoms with Gasteiger partial charge < -0.3 is 5.32 Å². The van der Waals surface area contributed by atoms with Crippen molar-refractivity contribution in [2.24, 2.45) is 0 Å². The normalized spacial score (nSPS) is 17.6. The third-order valence-corrected chi connectivity index (χ3v) is 2.06. The Morgan fingerprint density at radius 1 is 1.50 bits per heavy atom. The third-order valence-electron chi connectivity index (χ3n) is 2.06. The number of hydrogen-bond donors (Lipinski definition) is 1. The number of allylic oxidation sites excluding steroid dienone is 4. The van der Waals surface area contributed by atoms with E-state index in [-0.39, 0.29) is 0 Å². The van der Waals surface area contributed by atoms with Crippen LogP contribution in [-0.2, 0) is 0 Å². The molecule has 1 rings (SSSR count). The molecule has 0 amide bonds. The van der Waals surface area contributed by atoms with Crippen LogP contribution in [0.25, 0.3) is 0 Å². The van der Waals surface area contributed by atoms with Gasteiger partial charge in [0, 0.05) is 12.2 Å². The highest BCUT2D eigenvalue weighted by Crippen LogP contribution is 2.21. The molecule has 0 atom stereocenters. The van der Waals surface area contributed by atoms with Crippen LogP contribution in [0.1, 0.15) is 13.3 Å². The van der Waals surface area contributed by atoms with E-state index >= 15 is 0 Å². The average molecular weight is 161 g/mol. The first-order chi connectivity index (χ1) is 5.79.